The van der Waals surface area contributed by atoms with Gasteiger partial charge in [0.25, 0.3) is 5.91 Å². The largest absolute Gasteiger partial charge is 0.302 e. The first kappa shape index (κ1) is 9.47. The number of amides is 1. The Morgan fingerprint density at radius 1 is 1.50 bits per heavy atom. The van der Waals surface area contributed by atoms with Crippen LogP contribution in [-0.2, 0) is 15.0 Å². The Bertz CT molecular complexity index is 283. The molecule has 1 aliphatic heterocycles. The van der Waals surface area contributed by atoms with Crippen molar-refractivity contribution >= 4 is 16.1 Å². The average Bonchev–Trinajstić information content (AvgIpc) is 2.03. The highest BCUT2D eigenvalue weighted by molar-refractivity contribution is 7.88. The van der Waals surface area contributed by atoms with Crippen LogP contribution in [-0.4, -0.2) is 20.4 Å². The van der Waals surface area contributed by atoms with Gasteiger partial charge in [0, 0.05) is 0 Å². The first-order valence-electron chi connectivity index (χ1n) is 3.74. The highest BCUT2D eigenvalue weighted by atomic mass is 32.2. The van der Waals surface area contributed by atoms with Crippen LogP contribution in [0.15, 0.2) is 0 Å². The van der Waals surface area contributed by atoms with Crippen molar-refractivity contribution in [2.45, 2.75) is 26.3 Å². The van der Waals surface area contributed by atoms with Gasteiger partial charge >= 0.3 is 10.2 Å². The molecule has 1 amide bonds. The summed E-state index contributed by atoms with van der Waals surface area (Å²) in [7, 11) is -3.54. The topological polar surface area (TPSA) is 75.3 Å². The molecule has 1 fully saturated rings. The molecule has 70 valence electrons. The lowest BCUT2D eigenvalue weighted by Gasteiger charge is -2.07. The van der Waals surface area contributed by atoms with Gasteiger partial charge in [-0.15, -0.1) is 0 Å². The van der Waals surface area contributed by atoms with Crippen LogP contribution in [0, 0.1) is 5.92 Å². The predicted molar refractivity (Wildman–Crippen MR) is 43.4 cm³/mol. The molecule has 0 bridgehead atoms. The summed E-state index contributed by atoms with van der Waals surface area (Å²) in [6.45, 7) is 3.86. The zero-order valence-corrected chi connectivity index (χ0v) is 7.81. The number of nitrogens with one attached hydrogen (secondary N) is 2. The van der Waals surface area contributed by atoms with Crippen LogP contribution in [0.1, 0.15) is 20.3 Å². The minimum atomic E-state index is -3.54. The molecule has 0 radical (unpaired) electrons. The first-order chi connectivity index (χ1) is 5.41. The van der Waals surface area contributed by atoms with Crippen LogP contribution in [0.5, 0.6) is 0 Å². The van der Waals surface area contributed by atoms with Gasteiger partial charge in [0.1, 0.15) is 6.04 Å². The molecule has 12 heavy (non-hydrogen) atoms. The van der Waals surface area contributed by atoms with Crippen LogP contribution in [0.2, 0.25) is 0 Å². The van der Waals surface area contributed by atoms with Crippen LogP contribution < -0.4 is 9.44 Å². The van der Waals surface area contributed by atoms with E-state index in [4.69, 9.17) is 0 Å². The standard InChI is InChI=1S/C6H12N2O3S/c1-4(2)3-5-6(9)8-12(10,11)7-5/h4-5,7H,3H2,1-2H3,(H,8,9). The van der Waals surface area contributed by atoms with E-state index in [1.165, 1.54) is 0 Å². The van der Waals surface area contributed by atoms with Gasteiger partial charge in [0.2, 0.25) is 0 Å². The summed E-state index contributed by atoms with van der Waals surface area (Å²) in [6.07, 6.45) is 0.533. The molecule has 0 spiro atoms. The molecule has 0 aliphatic carbocycles. The molecular formula is C6H12N2O3S. The molecule has 1 rings (SSSR count). The van der Waals surface area contributed by atoms with Gasteiger partial charge in [-0.25, -0.2) is 4.72 Å². The minimum Gasteiger partial charge on any atom is -0.272 e. The van der Waals surface area contributed by atoms with Crippen molar-refractivity contribution < 1.29 is 13.2 Å². The van der Waals surface area contributed by atoms with Crippen LogP contribution in [0.3, 0.4) is 0 Å². The summed E-state index contributed by atoms with van der Waals surface area (Å²) in [5, 5.41) is 0. The van der Waals surface area contributed by atoms with E-state index in [2.05, 4.69) is 4.72 Å². The van der Waals surface area contributed by atoms with Gasteiger partial charge in [0.15, 0.2) is 0 Å². The van der Waals surface area contributed by atoms with E-state index in [9.17, 15) is 13.2 Å². The molecule has 1 unspecified atom stereocenters. The Hall–Kier alpha value is -0.620. The van der Waals surface area contributed by atoms with Crippen LogP contribution in [0.25, 0.3) is 0 Å². The van der Waals surface area contributed by atoms with E-state index in [0.29, 0.717) is 12.3 Å². The lowest BCUT2D eigenvalue weighted by molar-refractivity contribution is -0.120. The second-order valence-electron chi connectivity index (χ2n) is 3.27. The molecule has 0 aromatic carbocycles. The number of hydrogen-bond donors (Lipinski definition) is 2. The van der Waals surface area contributed by atoms with Gasteiger partial charge in [-0.3, -0.25) is 4.79 Å². The predicted octanol–water partition coefficient (Wildman–Crippen LogP) is -0.635. The molecule has 1 aliphatic rings. The van der Waals surface area contributed by atoms with Gasteiger partial charge in [0.05, 0.1) is 0 Å². The van der Waals surface area contributed by atoms with E-state index >= 15 is 0 Å². The van der Waals surface area contributed by atoms with E-state index in [-0.39, 0.29) is 0 Å². The SMILES string of the molecule is CC(C)CC1NS(=O)(=O)NC1=O. The lowest BCUT2D eigenvalue weighted by Crippen LogP contribution is -2.30. The fourth-order valence-corrected chi connectivity index (χ4v) is 2.14. The molecule has 0 saturated carbocycles. The van der Waals surface area contributed by atoms with Gasteiger partial charge in [-0.2, -0.15) is 13.1 Å². The molecule has 1 atom stereocenters. The van der Waals surface area contributed by atoms with Crippen molar-refractivity contribution in [3.8, 4) is 0 Å². The fraction of sp³-hybridized carbons (Fsp3) is 0.833. The quantitative estimate of drug-likeness (QED) is 0.611. The Morgan fingerprint density at radius 2 is 2.08 bits per heavy atom. The molecule has 6 heteroatoms. The number of carbonyl (C=O) groups is 1. The maximum absolute atomic E-state index is 11.0. The van der Waals surface area contributed by atoms with E-state index < -0.39 is 22.2 Å². The minimum absolute atomic E-state index is 0.293. The first-order valence-corrected chi connectivity index (χ1v) is 5.23. The van der Waals surface area contributed by atoms with Crippen molar-refractivity contribution in [2.75, 3.05) is 0 Å². The number of rotatable bonds is 2. The second-order valence-corrected chi connectivity index (χ2v) is 4.72. The Morgan fingerprint density at radius 3 is 2.42 bits per heavy atom. The molecule has 0 aromatic rings. The summed E-state index contributed by atoms with van der Waals surface area (Å²) in [4.78, 5) is 11.0. The van der Waals surface area contributed by atoms with Crippen LogP contribution in [0.4, 0.5) is 0 Å². The zero-order valence-electron chi connectivity index (χ0n) is 6.99. The molecule has 5 nitrogen and oxygen atoms in total. The highest BCUT2D eigenvalue weighted by Gasteiger charge is 2.34. The number of hydrogen-bond acceptors (Lipinski definition) is 3. The maximum atomic E-state index is 11.0. The molecular weight excluding hydrogens is 180 g/mol. The lowest BCUT2D eigenvalue weighted by atomic mass is 10.0. The Labute approximate surface area is 71.7 Å². The Kier molecular flexibility index (Phi) is 2.39. The van der Waals surface area contributed by atoms with Crippen molar-refractivity contribution in [1.82, 2.24) is 9.44 Å². The van der Waals surface area contributed by atoms with E-state index in [1.807, 2.05) is 18.6 Å². The van der Waals surface area contributed by atoms with Gasteiger partial charge in [-0.1, -0.05) is 13.8 Å². The third-order valence-electron chi connectivity index (χ3n) is 1.56. The van der Waals surface area contributed by atoms with E-state index in [1.54, 1.807) is 0 Å². The summed E-state index contributed by atoms with van der Waals surface area (Å²) < 4.78 is 25.7. The third kappa shape index (κ3) is 2.18. The van der Waals surface area contributed by atoms with Crippen molar-refractivity contribution in [3.05, 3.63) is 0 Å². The summed E-state index contributed by atoms with van der Waals surface area (Å²) in [5.41, 5.74) is 0. The smallest absolute Gasteiger partial charge is 0.272 e. The second kappa shape index (κ2) is 3.02. The summed E-state index contributed by atoms with van der Waals surface area (Å²) in [5.74, 6) is -0.162. The molecule has 0 aromatic heterocycles. The van der Waals surface area contributed by atoms with E-state index in [0.717, 1.165) is 0 Å². The normalized spacial score (nSPS) is 27.6. The molecule has 1 saturated heterocycles. The van der Waals surface area contributed by atoms with Crippen molar-refractivity contribution in [1.29, 1.82) is 0 Å². The van der Waals surface area contributed by atoms with Crippen molar-refractivity contribution in [2.24, 2.45) is 5.92 Å². The van der Waals surface area contributed by atoms with Gasteiger partial charge < -0.3 is 0 Å². The maximum Gasteiger partial charge on any atom is 0.302 e. The zero-order chi connectivity index (χ0) is 9.35. The van der Waals surface area contributed by atoms with Crippen LogP contribution >= 0.6 is 0 Å². The third-order valence-corrected chi connectivity index (χ3v) is 2.62. The summed E-state index contributed by atoms with van der Waals surface area (Å²) >= 11 is 0. The Balaban J connectivity index is 2.65. The fourth-order valence-electron chi connectivity index (χ4n) is 1.10. The monoisotopic (exact) mass is 192 g/mol. The highest BCUT2D eigenvalue weighted by Crippen LogP contribution is 2.09. The average molecular weight is 192 g/mol. The summed E-state index contributed by atoms with van der Waals surface area (Å²) in [6, 6.07) is -0.588. The molecule has 1 heterocycles. The number of carbonyl (C=O) groups excluding carboxylic acids is 1. The van der Waals surface area contributed by atoms with Crippen molar-refractivity contribution in [3.63, 3.8) is 0 Å². The molecule has 2 N–H and O–H groups in total. The van der Waals surface area contributed by atoms with Gasteiger partial charge in [-0.05, 0) is 12.3 Å².